The van der Waals surface area contributed by atoms with Crippen molar-refractivity contribution in [3.8, 4) is 11.3 Å². The number of benzene rings is 2. The summed E-state index contributed by atoms with van der Waals surface area (Å²) in [4.78, 5) is 16.7. The average molecular weight is 420 g/mol. The number of carbonyl (C=O) groups excluding carboxylic acids is 1. The van der Waals surface area contributed by atoms with Gasteiger partial charge in [0.2, 0.25) is 0 Å². The molecule has 0 unspecified atom stereocenters. The zero-order valence-electron chi connectivity index (χ0n) is 18.1. The standard InChI is InChI=1S/C25H30N4O2/c1-2-20-8-10-22(11-9-20)24-23(19-29(26-24)18-21-6-4-3-5-7-21)25(31)28-14-12-27(13-15-28)16-17-30/h3-11,19,30H,2,12-18H2,1H3/p+1. The van der Waals surface area contributed by atoms with Gasteiger partial charge in [0.15, 0.2) is 0 Å². The van der Waals surface area contributed by atoms with E-state index in [0.29, 0.717) is 25.2 Å². The molecule has 0 atom stereocenters. The minimum atomic E-state index is 0.0388. The van der Waals surface area contributed by atoms with Gasteiger partial charge in [-0.3, -0.25) is 9.48 Å². The van der Waals surface area contributed by atoms with E-state index in [4.69, 9.17) is 5.10 Å². The zero-order chi connectivity index (χ0) is 21.6. The van der Waals surface area contributed by atoms with Crippen molar-refractivity contribution in [3.05, 3.63) is 77.5 Å². The van der Waals surface area contributed by atoms with Crippen LogP contribution in [0, 0.1) is 0 Å². The molecule has 1 aliphatic rings. The molecule has 1 saturated heterocycles. The lowest BCUT2D eigenvalue weighted by molar-refractivity contribution is -0.904. The second-order valence-electron chi connectivity index (χ2n) is 8.14. The van der Waals surface area contributed by atoms with Gasteiger partial charge in [0.1, 0.15) is 12.2 Å². The van der Waals surface area contributed by atoms with Gasteiger partial charge in [-0.2, -0.15) is 5.10 Å². The molecule has 0 aliphatic carbocycles. The van der Waals surface area contributed by atoms with E-state index in [1.807, 2.05) is 34.0 Å². The fraction of sp³-hybridized carbons (Fsp3) is 0.360. The summed E-state index contributed by atoms with van der Waals surface area (Å²) in [5.41, 5.74) is 4.79. The van der Waals surface area contributed by atoms with Crippen LogP contribution >= 0.6 is 0 Å². The molecule has 0 radical (unpaired) electrons. The van der Waals surface area contributed by atoms with E-state index in [9.17, 15) is 9.90 Å². The highest BCUT2D eigenvalue weighted by atomic mass is 16.3. The van der Waals surface area contributed by atoms with Crippen molar-refractivity contribution in [2.75, 3.05) is 39.3 Å². The van der Waals surface area contributed by atoms with Crippen LogP contribution in [0.1, 0.15) is 28.4 Å². The lowest BCUT2D eigenvalue weighted by Crippen LogP contribution is -3.15. The number of aryl methyl sites for hydroxylation is 1. The number of aliphatic hydroxyl groups is 1. The number of rotatable bonds is 7. The van der Waals surface area contributed by atoms with Crippen molar-refractivity contribution in [2.45, 2.75) is 19.9 Å². The summed E-state index contributed by atoms with van der Waals surface area (Å²) in [6, 6.07) is 18.5. The Morgan fingerprint density at radius 3 is 2.39 bits per heavy atom. The van der Waals surface area contributed by atoms with E-state index in [0.717, 1.165) is 42.9 Å². The molecule has 2 aromatic carbocycles. The van der Waals surface area contributed by atoms with E-state index in [1.54, 1.807) is 0 Å². The van der Waals surface area contributed by atoms with E-state index in [1.165, 1.54) is 10.5 Å². The summed E-state index contributed by atoms with van der Waals surface area (Å²) < 4.78 is 1.87. The largest absolute Gasteiger partial charge is 0.391 e. The Morgan fingerprint density at radius 2 is 1.74 bits per heavy atom. The number of carbonyl (C=O) groups is 1. The summed E-state index contributed by atoms with van der Waals surface area (Å²) in [7, 11) is 0. The van der Waals surface area contributed by atoms with Gasteiger partial charge in [0, 0.05) is 11.8 Å². The summed E-state index contributed by atoms with van der Waals surface area (Å²) in [6.45, 7) is 6.83. The number of hydrogen-bond acceptors (Lipinski definition) is 3. The molecule has 2 heterocycles. The van der Waals surface area contributed by atoms with Crippen molar-refractivity contribution in [3.63, 3.8) is 0 Å². The first kappa shape index (κ1) is 21.3. The molecule has 0 saturated carbocycles. The molecule has 3 aromatic rings. The third-order valence-corrected chi connectivity index (χ3v) is 6.04. The van der Waals surface area contributed by atoms with Gasteiger partial charge >= 0.3 is 0 Å². The summed E-state index contributed by atoms with van der Waals surface area (Å²) in [5, 5.41) is 14.0. The number of hydrogen-bond donors (Lipinski definition) is 2. The Balaban J connectivity index is 1.61. The fourth-order valence-corrected chi connectivity index (χ4v) is 4.15. The third-order valence-electron chi connectivity index (χ3n) is 6.04. The number of aromatic nitrogens is 2. The van der Waals surface area contributed by atoms with Crippen LogP contribution in [0.2, 0.25) is 0 Å². The summed E-state index contributed by atoms with van der Waals surface area (Å²) in [5.74, 6) is 0.0388. The lowest BCUT2D eigenvalue weighted by Gasteiger charge is -2.31. The number of quaternary nitrogens is 1. The van der Waals surface area contributed by atoms with Crippen molar-refractivity contribution in [1.29, 1.82) is 0 Å². The van der Waals surface area contributed by atoms with Gasteiger partial charge < -0.3 is 14.9 Å². The van der Waals surface area contributed by atoms with Crippen LogP contribution in [0.15, 0.2) is 60.8 Å². The molecule has 1 fully saturated rings. The maximum Gasteiger partial charge on any atom is 0.258 e. The van der Waals surface area contributed by atoms with Gasteiger partial charge in [-0.15, -0.1) is 0 Å². The number of nitrogens with one attached hydrogen (secondary N) is 1. The Hall–Kier alpha value is -2.96. The van der Waals surface area contributed by atoms with Gasteiger partial charge in [-0.25, -0.2) is 0 Å². The van der Waals surface area contributed by atoms with Crippen LogP contribution < -0.4 is 4.90 Å². The second kappa shape index (κ2) is 9.90. The topological polar surface area (TPSA) is 62.8 Å². The molecule has 6 nitrogen and oxygen atoms in total. The van der Waals surface area contributed by atoms with Gasteiger partial charge in [0.05, 0.1) is 44.9 Å². The van der Waals surface area contributed by atoms with Gasteiger partial charge in [-0.05, 0) is 17.5 Å². The highest BCUT2D eigenvalue weighted by Gasteiger charge is 2.27. The van der Waals surface area contributed by atoms with Crippen molar-refractivity contribution in [1.82, 2.24) is 14.7 Å². The lowest BCUT2D eigenvalue weighted by atomic mass is 10.0. The van der Waals surface area contributed by atoms with Crippen LogP contribution in [0.3, 0.4) is 0 Å². The predicted molar refractivity (Wildman–Crippen MR) is 121 cm³/mol. The SMILES string of the molecule is CCc1ccc(-c2nn(Cc3ccccc3)cc2C(=O)N2CC[NH+](CCO)CC2)cc1. The second-order valence-corrected chi connectivity index (χ2v) is 8.14. The minimum absolute atomic E-state index is 0.0388. The van der Waals surface area contributed by atoms with E-state index in [-0.39, 0.29) is 12.5 Å². The molecule has 1 aliphatic heterocycles. The quantitative estimate of drug-likeness (QED) is 0.610. The number of aliphatic hydroxyl groups excluding tert-OH is 1. The predicted octanol–water partition coefficient (Wildman–Crippen LogP) is 1.49. The number of amides is 1. The summed E-state index contributed by atoms with van der Waals surface area (Å²) >= 11 is 0. The smallest absolute Gasteiger partial charge is 0.258 e. The molecular formula is C25H31N4O2+. The van der Waals surface area contributed by atoms with E-state index < -0.39 is 0 Å². The fourth-order valence-electron chi connectivity index (χ4n) is 4.15. The normalized spacial score (nSPS) is 14.7. The van der Waals surface area contributed by atoms with Crippen molar-refractivity contribution in [2.24, 2.45) is 0 Å². The maximum atomic E-state index is 13.5. The Kier molecular flexibility index (Phi) is 6.79. The van der Waals surface area contributed by atoms with Crippen LogP contribution in [0.5, 0.6) is 0 Å². The molecule has 2 N–H and O–H groups in total. The van der Waals surface area contributed by atoms with E-state index in [2.05, 4.69) is 43.3 Å². The minimum Gasteiger partial charge on any atom is -0.391 e. The molecule has 1 amide bonds. The van der Waals surface area contributed by atoms with Crippen molar-refractivity contribution >= 4 is 5.91 Å². The molecule has 0 bridgehead atoms. The Morgan fingerprint density at radius 1 is 1.03 bits per heavy atom. The molecule has 4 rings (SSSR count). The maximum absolute atomic E-state index is 13.5. The molecule has 1 aromatic heterocycles. The Labute approximate surface area is 183 Å². The molecule has 6 heteroatoms. The van der Waals surface area contributed by atoms with Gasteiger partial charge in [0.25, 0.3) is 5.91 Å². The van der Waals surface area contributed by atoms with Crippen LogP contribution in [0.25, 0.3) is 11.3 Å². The molecular weight excluding hydrogens is 388 g/mol. The molecule has 162 valence electrons. The third kappa shape index (κ3) is 5.03. The number of piperazine rings is 1. The summed E-state index contributed by atoms with van der Waals surface area (Å²) in [6.07, 6.45) is 2.88. The number of nitrogens with zero attached hydrogens (tertiary/aromatic N) is 3. The zero-order valence-corrected chi connectivity index (χ0v) is 18.1. The van der Waals surface area contributed by atoms with Crippen molar-refractivity contribution < 1.29 is 14.8 Å². The van der Waals surface area contributed by atoms with Crippen LogP contribution in [-0.2, 0) is 13.0 Å². The highest BCUT2D eigenvalue weighted by Crippen LogP contribution is 2.25. The first-order chi connectivity index (χ1) is 15.2. The highest BCUT2D eigenvalue weighted by molar-refractivity contribution is 5.99. The van der Waals surface area contributed by atoms with Crippen LogP contribution in [0.4, 0.5) is 0 Å². The van der Waals surface area contributed by atoms with Crippen LogP contribution in [-0.4, -0.2) is 65.0 Å². The average Bonchev–Trinajstić information content (AvgIpc) is 3.24. The molecule has 0 spiro atoms. The Bertz CT molecular complexity index is 990. The first-order valence-electron chi connectivity index (χ1n) is 11.1. The monoisotopic (exact) mass is 419 g/mol. The van der Waals surface area contributed by atoms with E-state index >= 15 is 0 Å². The molecule has 31 heavy (non-hydrogen) atoms. The first-order valence-corrected chi connectivity index (χ1v) is 11.1. The van der Waals surface area contributed by atoms with Gasteiger partial charge in [-0.1, -0.05) is 61.5 Å².